The lowest BCUT2D eigenvalue weighted by Crippen LogP contribution is -2.19. The number of rotatable bonds is 3. The number of hydrogen-bond acceptors (Lipinski definition) is 3. The zero-order valence-electron chi connectivity index (χ0n) is 11.7. The minimum atomic E-state index is -2.05. The summed E-state index contributed by atoms with van der Waals surface area (Å²) in [7, 11) is 1.27. The number of aromatic nitrogens is 1. The molecule has 4 nitrogen and oxygen atoms in total. The van der Waals surface area contributed by atoms with Crippen molar-refractivity contribution in [1.29, 1.82) is 0 Å². The van der Waals surface area contributed by atoms with Crippen LogP contribution in [0.25, 0.3) is 0 Å². The molecule has 0 radical (unpaired) electrons. The van der Waals surface area contributed by atoms with Gasteiger partial charge in [0.25, 0.3) is 3.79 Å². The fourth-order valence-corrected chi connectivity index (χ4v) is 2.04. The third kappa shape index (κ3) is 4.40. The Morgan fingerprint density at radius 1 is 1.25 bits per heavy atom. The Morgan fingerprint density at radius 2 is 1.80 bits per heavy atom. The molecule has 0 saturated heterocycles. The quantitative estimate of drug-likeness (QED) is 0.477. The van der Waals surface area contributed by atoms with Crippen LogP contribution in [0.15, 0.2) is 12.3 Å². The van der Waals surface area contributed by atoms with E-state index in [0.29, 0.717) is 6.54 Å². The molecule has 0 unspecified atom stereocenters. The van der Waals surface area contributed by atoms with E-state index in [4.69, 9.17) is 39.5 Å². The van der Waals surface area contributed by atoms with Crippen molar-refractivity contribution in [2.45, 2.75) is 31.1 Å². The second kappa shape index (κ2) is 5.96. The van der Waals surface area contributed by atoms with E-state index >= 15 is 0 Å². The van der Waals surface area contributed by atoms with Gasteiger partial charge in [0.05, 0.1) is 7.11 Å². The van der Waals surface area contributed by atoms with E-state index in [9.17, 15) is 9.59 Å². The number of halogens is 3. The molecule has 0 amide bonds. The van der Waals surface area contributed by atoms with Gasteiger partial charge in [-0.25, -0.2) is 4.79 Å². The lowest BCUT2D eigenvalue weighted by Gasteiger charge is -2.20. The molecule has 112 valence electrons. The van der Waals surface area contributed by atoms with E-state index in [-0.39, 0.29) is 16.7 Å². The molecule has 0 aliphatic heterocycles. The Balaban J connectivity index is 3.26. The van der Waals surface area contributed by atoms with Crippen LogP contribution in [0.5, 0.6) is 0 Å². The monoisotopic (exact) mass is 339 g/mol. The third-order valence-electron chi connectivity index (χ3n) is 2.46. The van der Waals surface area contributed by atoms with Crippen molar-refractivity contribution in [1.82, 2.24) is 4.57 Å². The molecule has 1 aromatic heterocycles. The Kier molecular flexibility index (Phi) is 5.17. The Labute approximate surface area is 132 Å². The van der Waals surface area contributed by atoms with Gasteiger partial charge < -0.3 is 9.30 Å². The minimum absolute atomic E-state index is 0.0951. The van der Waals surface area contributed by atoms with Crippen LogP contribution in [0.4, 0.5) is 0 Å². The van der Waals surface area contributed by atoms with Gasteiger partial charge in [-0.1, -0.05) is 55.6 Å². The Morgan fingerprint density at radius 3 is 2.20 bits per heavy atom. The number of Topliss-reactive ketones (excluding diaryl/α,β-unsaturated/α-hetero) is 1. The van der Waals surface area contributed by atoms with Crippen LogP contribution in [0.3, 0.4) is 0 Å². The maximum absolute atomic E-state index is 11.9. The zero-order valence-corrected chi connectivity index (χ0v) is 13.9. The molecule has 0 N–H and O–H groups in total. The predicted molar refractivity (Wildman–Crippen MR) is 79.8 cm³/mol. The molecular weight excluding hydrogens is 325 g/mol. The number of nitrogens with zero attached hydrogens (tertiary/aromatic N) is 1. The SMILES string of the molecule is COC(=O)c1cc(C(=O)C(Cl)(Cl)Cl)cn1CC(C)(C)C. The average molecular weight is 341 g/mol. The summed E-state index contributed by atoms with van der Waals surface area (Å²) in [5.74, 6) is -1.22. The molecule has 0 spiro atoms. The summed E-state index contributed by atoms with van der Waals surface area (Å²) in [6.07, 6.45) is 1.50. The molecule has 1 rings (SSSR count). The highest BCUT2D eigenvalue weighted by molar-refractivity contribution is 6.77. The van der Waals surface area contributed by atoms with E-state index in [0.717, 1.165) is 0 Å². The largest absolute Gasteiger partial charge is 0.464 e. The third-order valence-corrected chi connectivity index (χ3v) is 2.97. The summed E-state index contributed by atoms with van der Waals surface area (Å²) >= 11 is 16.7. The fraction of sp³-hybridized carbons (Fsp3) is 0.538. The Hall–Kier alpha value is -0.710. The number of carbonyl (C=O) groups excluding carboxylic acids is 2. The number of alkyl halides is 3. The van der Waals surface area contributed by atoms with Crippen molar-refractivity contribution >= 4 is 46.6 Å². The van der Waals surface area contributed by atoms with Gasteiger partial charge in [-0.3, -0.25) is 4.79 Å². The van der Waals surface area contributed by atoms with E-state index in [1.165, 1.54) is 19.4 Å². The van der Waals surface area contributed by atoms with Gasteiger partial charge in [-0.15, -0.1) is 0 Å². The smallest absolute Gasteiger partial charge is 0.354 e. The highest BCUT2D eigenvalue weighted by atomic mass is 35.6. The number of ketones is 1. The minimum Gasteiger partial charge on any atom is -0.464 e. The van der Waals surface area contributed by atoms with Gasteiger partial charge in [0.2, 0.25) is 5.78 Å². The van der Waals surface area contributed by atoms with Gasteiger partial charge in [0.15, 0.2) is 0 Å². The van der Waals surface area contributed by atoms with Crippen LogP contribution in [0, 0.1) is 5.41 Å². The molecule has 0 fully saturated rings. The zero-order chi connectivity index (χ0) is 15.7. The van der Waals surface area contributed by atoms with Crippen molar-refractivity contribution in [3.63, 3.8) is 0 Å². The van der Waals surface area contributed by atoms with Crippen LogP contribution >= 0.6 is 34.8 Å². The Bertz CT molecular complexity index is 524. The van der Waals surface area contributed by atoms with Gasteiger partial charge in [-0.05, 0) is 11.5 Å². The number of ether oxygens (including phenoxy) is 1. The predicted octanol–water partition coefficient (Wildman–Crippen LogP) is 3.87. The fourth-order valence-electron chi connectivity index (χ4n) is 1.72. The normalized spacial score (nSPS) is 12.3. The first-order valence-electron chi connectivity index (χ1n) is 5.86. The van der Waals surface area contributed by atoms with Crippen molar-refractivity contribution in [3.05, 3.63) is 23.5 Å². The summed E-state index contributed by atoms with van der Waals surface area (Å²) in [4.78, 5) is 23.7. The highest BCUT2D eigenvalue weighted by Crippen LogP contribution is 2.31. The number of hydrogen-bond donors (Lipinski definition) is 0. The van der Waals surface area contributed by atoms with E-state index in [1.807, 2.05) is 20.8 Å². The van der Waals surface area contributed by atoms with Crippen LogP contribution in [-0.4, -0.2) is 27.2 Å². The highest BCUT2D eigenvalue weighted by Gasteiger charge is 2.33. The molecule has 0 saturated carbocycles. The van der Waals surface area contributed by atoms with E-state index < -0.39 is 15.5 Å². The molecule has 0 bridgehead atoms. The molecule has 20 heavy (non-hydrogen) atoms. The van der Waals surface area contributed by atoms with Crippen LogP contribution < -0.4 is 0 Å². The van der Waals surface area contributed by atoms with Gasteiger partial charge in [-0.2, -0.15) is 0 Å². The first kappa shape index (κ1) is 17.3. The summed E-state index contributed by atoms with van der Waals surface area (Å²) < 4.78 is 4.28. The molecular formula is C13H16Cl3NO3. The molecule has 1 aromatic rings. The molecule has 0 aromatic carbocycles. The average Bonchev–Trinajstić information content (AvgIpc) is 2.67. The molecule has 7 heteroatoms. The van der Waals surface area contributed by atoms with Crippen LogP contribution in [0.1, 0.15) is 41.6 Å². The second-order valence-electron chi connectivity index (χ2n) is 5.62. The molecule has 0 aliphatic carbocycles. The van der Waals surface area contributed by atoms with Gasteiger partial charge >= 0.3 is 5.97 Å². The topological polar surface area (TPSA) is 48.3 Å². The standard InChI is InChI=1S/C13H16Cl3NO3/c1-12(2,3)7-17-6-8(10(18)13(14,15)16)5-9(17)11(19)20-4/h5-6H,7H2,1-4H3. The first-order chi connectivity index (χ1) is 8.95. The lowest BCUT2D eigenvalue weighted by molar-refractivity contribution is 0.0586. The summed E-state index contributed by atoms with van der Waals surface area (Å²) in [6.45, 7) is 6.53. The second-order valence-corrected chi connectivity index (χ2v) is 7.90. The number of methoxy groups -OCH3 is 1. The molecule has 0 aliphatic rings. The maximum Gasteiger partial charge on any atom is 0.354 e. The van der Waals surface area contributed by atoms with Crippen molar-refractivity contribution in [3.8, 4) is 0 Å². The van der Waals surface area contributed by atoms with Crippen molar-refractivity contribution < 1.29 is 14.3 Å². The number of carbonyl (C=O) groups is 2. The van der Waals surface area contributed by atoms with Crippen LogP contribution in [-0.2, 0) is 11.3 Å². The summed E-state index contributed by atoms with van der Waals surface area (Å²) in [6, 6.07) is 1.38. The van der Waals surface area contributed by atoms with Gasteiger partial charge in [0, 0.05) is 18.3 Å². The summed E-state index contributed by atoms with van der Waals surface area (Å²) in [5.41, 5.74) is 0.317. The molecule has 1 heterocycles. The number of esters is 1. The van der Waals surface area contributed by atoms with Crippen molar-refractivity contribution in [2.24, 2.45) is 5.41 Å². The van der Waals surface area contributed by atoms with E-state index in [2.05, 4.69) is 0 Å². The molecule has 0 atom stereocenters. The van der Waals surface area contributed by atoms with Crippen molar-refractivity contribution in [2.75, 3.05) is 7.11 Å². The van der Waals surface area contributed by atoms with Gasteiger partial charge in [0.1, 0.15) is 5.69 Å². The lowest BCUT2D eigenvalue weighted by atomic mass is 9.97. The maximum atomic E-state index is 11.9. The van der Waals surface area contributed by atoms with E-state index in [1.54, 1.807) is 4.57 Å². The first-order valence-corrected chi connectivity index (χ1v) is 6.99. The van der Waals surface area contributed by atoms with Crippen LogP contribution in [0.2, 0.25) is 0 Å². The summed E-state index contributed by atoms with van der Waals surface area (Å²) in [5, 5.41) is 0.